The molecule has 1 aliphatic rings. The van der Waals surface area contributed by atoms with Gasteiger partial charge in [-0.3, -0.25) is 9.36 Å². The van der Waals surface area contributed by atoms with E-state index in [1.807, 2.05) is 42.9 Å². The lowest BCUT2D eigenvalue weighted by atomic mass is 10.1. The Labute approximate surface area is 194 Å². The van der Waals surface area contributed by atoms with Crippen LogP contribution in [0.4, 0.5) is 0 Å². The number of aromatic amines is 1. The van der Waals surface area contributed by atoms with Gasteiger partial charge < -0.3 is 14.6 Å². The first-order chi connectivity index (χ1) is 15.7. The Kier molecular flexibility index (Phi) is 6.29. The average molecular weight is 468 g/mol. The summed E-state index contributed by atoms with van der Waals surface area (Å²) in [4.78, 5) is 19.0. The largest absolute Gasteiger partial charge is 0.376 e. The first-order valence-corrected chi connectivity index (χ1v) is 12.6. The Morgan fingerprint density at radius 3 is 3.03 bits per heavy atom. The molecule has 1 aliphatic heterocycles. The van der Waals surface area contributed by atoms with Gasteiger partial charge >= 0.3 is 0 Å². The Hall–Kier alpha value is -2.62. The summed E-state index contributed by atoms with van der Waals surface area (Å²) in [7, 11) is 1.84. The number of fused-ring (bicyclic) bond motifs is 1. The topological polar surface area (TPSA) is 76.0 Å². The molecule has 1 aromatic carbocycles. The number of aromatic nitrogens is 4. The van der Waals surface area contributed by atoms with Crippen LogP contribution < -0.4 is 0 Å². The van der Waals surface area contributed by atoms with E-state index in [2.05, 4.69) is 31.9 Å². The fourth-order valence-electron chi connectivity index (χ4n) is 3.97. The molecule has 1 atom stereocenters. The van der Waals surface area contributed by atoms with Gasteiger partial charge in [-0.25, -0.2) is 0 Å². The standard InChI is InChI=1S/C23H25N5O2S2/c1-27(14-17-7-5-11-31-17)21(29)15-32-23-26-25-22(28(23)13-16-6-4-10-30-16)19-12-24-20-9-3-2-8-18(19)20/h2-3,5,7-9,11-12,16,24H,4,6,10,13-15H2,1H3. The Morgan fingerprint density at radius 1 is 1.31 bits per heavy atom. The highest BCUT2D eigenvalue weighted by Gasteiger charge is 2.24. The number of benzene rings is 1. The molecule has 0 bridgehead atoms. The van der Waals surface area contributed by atoms with Crippen LogP contribution in [0.25, 0.3) is 22.3 Å². The third-order valence-corrected chi connectivity index (χ3v) is 7.49. The molecule has 0 saturated carbocycles. The predicted molar refractivity (Wildman–Crippen MR) is 128 cm³/mol. The van der Waals surface area contributed by atoms with E-state index in [4.69, 9.17) is 4.74 Å². The normalized spacial score (nSPS) is 16.1. The number of para-hydroxylation sites is 1. The third-order valence-electron chi connectivity index (χ3n) is 5.68. The van der Waals surface area contributed by atoms with E-state index < -0.39 is 0 Å². The highest BCUT2D eigenvalue weighted by Crippen LogP contribution is 2.31. The molecular weight excluding hydrogens is 442 g/mol. The number of hydrogen-bond donors (Lipinski definition) is 1. The Bertz CT molecular complexity index is 1190. The minimum atomic E-state index is 0.0729. The monoisotopic (exact) mass is 467 g/mol. The third kappa shape index (κ3) is 4.46. The van der Waals surface area contributed by atoms with Gasteiger partial charge in [0.05, 0.1) is 24.9 Å². The van der Waals surface area contributed by atoms with Gasteiger partial charge in [-0.2, -0.15) is 0 Å². The number of nitrogens with one attached hydrogen (secondary N) is 1. The molecule has 32 heavy (non-hydrogen) atoms. The van der Waals surface area contributed by atoms with Crippen molar-refractivity contribution in [1.29, 1.82) is 0 Å². The van der Waals surface area contributed by atoms with Gasteiger partial charge in [0.2, 0.25) is 5.91 Å². The van der Waals surface area contributed by atoms with Gasteiger partial charge in [-0.05, 0) is 30.4 Å². The van der Waals surface area contributed by atoms with Gasteiger partial charge in [-0.15, -0.1) is 21.5 Å². The van der Waals surface area contributed by atoms with Gasteiger partial charge in [0.1, 0.15) is 0 Å². The number of ether oxygens (including phenoxy) is 1. The van der Waals surface area contributed by atoms with Crippen molar-refractivity contribution in [3.8, 4) is 11.4 Å². The summed E-state index contributed by atoms with van der Waals surface area (Å²) in [6.45, 7) is 2.10. The number of thiophene rings is 1. The zero-order chi connectivity index (χ0) is 21.9. The molecule has 1 N–H and O–H groups in total. The summed E-state index contributed by atoms with van der Waals surface area (Å²) in [6, 6.07) is 12.2. The molecule has 5 rings (SSSR count). The van der Waals surface area contributed by atoms with Crippen molar-refractivity contribution >= 4 is 39.9 Å². The SMILES string of the molecule is CN(Cc1cccs1)C(=O)CSc1nnc(-c2c[nH]c3ccccc23)n1CC1CCCO1. The van der Waals surface area contributed by atoms with Crippen molar-refractivity contribution in [1.82, 2.24) is 24.6 Å². The van der Waals surface area contributed by atoms with Crippen molar-refractivity contribution in [2.75, 3.05) is 19.4 Å². The molecule has 9 heteroatoms. The van der Waals surface area contributed by atoms with Crippen LogP contribution in [-0.4, -0.2) is 56.1 Å². The van der Waals surface area contributed by atoms with Crippen LogP contribution >= 0.6 is 23.1 Å². The molecule has 1 saturated heterocycles. The molecule has 0 spiro atoms. The zero-order valence-corrected chi connectivity index (χ0v) is 19.5. The summed E-state index contributed by atoms with van der Waals surface area (Å²) < 4.78 is 8.01. The van der Waals surface area contributed by atoms with E-state index in [1.165, 1.54) is 16.6 Å². The highest BCUT2D eigenvalue weighted by atomic mass is 32.2. The molecule has 0 aliphatic carbocycles. The van der Waals surface area contributed by atoms with Crippen molar-refractivity contribution in [3.63, 3.8) is 0 Å². The van der Waals surface area contributed by atoms with Crippen LogP contribution in [0.1, 0.15) is 17.7 Å². The maximum absolute atomic E-state index is 12.7. The maximum atomic E-state index is 12.7. The van der Waals surface area contributed by atoms with Gasteiger partial charge in [0.25, 0.3) is 0 Å². The van der Waals surface area contributed by atoms with E-state index in [9.17, 15) is 4.79 Å². The quantitative estimate of drug-likeness (QED) is 0.388. The molecule has 0 radical (unpaired) electrons. The molecule has 4 heterocycles. The van der Waals surface area contributed by atoms with E-state index in [-0.39, 0.29) is 12.0 Å². The molecule has 1 unspecified atom stereocenters. The van der Waals surface area contributed by atoms with Gasteiger partial charge in [-0.1, -0.05) is 36.0 Å². The van der Waals surface area contributed by atoms with Gasteiger partial charge in [0.15, 0.2) is 11.0 Å². The van der Waals surface area contributed by atoms with Crippen LogP contribution in [0.15, 0.2) is 53.1 Å². The minimum absolute atomic E-state index is 0.0729. The lowest BCUT2D eigenvalue weighted by Crippen LogP contribution is -2.27. The maximum Gasteiger partial charge on any atom is 0.233 e. The summed E-state index contributed by atoms with van der Waals surface area (Å²) in [5.41, 5.74) is 2.08. The first-order valence-electron chi connectivity index (χ1n) is 10.7. The highest BCUT2D eigenvalue weighted by molar-refractivity contribution is 7.99. The van der Waals surface area contributed by atoms with Crippen LogP contribution in [0, 0.1) is 0 Å². The van der Waals surface area contributed by atoms with E-state index in [1.54, 1.807) is 16.2 Å². The lowest BCUT2D eigenvalue weighted by molar-refractivity contribution is -0.127. The number of H-pyrrole nitrogens is 1. The van der Waals surface area contributed by atoms with Crippen LogP contribution in [-0.2, 0) is 22.6 Å². The van der Waals surface area contributed by atoms with E-state index >= 15 is 0 Å². The number of rotatable bonds is 8. The number of carbonyl (C=O) groups excluding carboxylic acids is 1. The number of amides is 1. The van der Waals surface area contributed by atoms with Crippen LogP contribution in [0.5, 0.6) is 0 Å². The summed E-state index contributed by atoms with van der Waals surface area (Å²) in [5, 5.41) is 12.9. The first kappa shape index (κ1) is 21.2. The molecular formula is C23H25N5O2S2. The lowest BCUT2D eigenvalue weighted by Gasteiger charge is -2.17. The molecule has 1 amide bonds. The second-order valence-electron chi connectivity index (χ2n) is 7.92. The number of hydrogen-bond acceptors (Lipinski definition) is 6. The number of carbonyl (C=O) groups is 1. The molecule has 166 valence electrons. The van der Waals surface area contributed by atoms with E-state index in [0.717, 1.165) is 46.9 Å². The fourth-order valence-corrected chi connectivity index (χ4v) is 5.61. The molecule has 1 fully saturated rings. The minimum Gasteiger partial charge on any atom is -0.376 e. The summed E-state index contributed by atoms with van der Waals surface area (Å²) in [5.74, 6) is 1.20. The summed E-state index contributed by atoms with van der Waals surface area (Å²) in [6.07, 6.45) is 4.23. The summed E-state index contributed by atoms with van der Waals surface area (Å²) >= 11 is 3.10. The second-order valence-corrected chi connectivity index (χ2v) is 9.89. The number of thioether (sulfide) groups is 1. The van der Waals surface area contributed by atoms with Crippen LogP contribution in [0.3, 0.4) is 0 Å². The van der Waals surface area contributed by atoms with Crippen molar-refractivity contribution in [2.45, 2.75) is 37.2 Å². The average Bonchev–Trinajstić information content (AvgIpc) is 3.60. The fraction of sp³-hybridized carbons (Fsp3) is 0.348. The molecule has 4 aromatic rings. The van der Waals surface area contributed by atoms with Crippen molar-refractivity contribution in [2.24, 2.45) is 0 Å². The van der Waals surface area contributed by atoms with Crippen LogP contribution in [0.2, 0.25) is 0 Å². The van der Waals surface area contributed by atoms with Crippen molar-refractivity contribution < 1.29 is 9.53 Å². The second kappa shape index (κ2) is 9.48. The Morgan fingerprint density at radius 2 is 2.22 bits per heavy atom. The zero-order valence-electron chi connectivity index (χ0n) is 17.9. The van der Waals surface area contributed by atoms with Crippen molar-refractivity contribution in [3.05, 3.63) is 52.9 Å². The number of nitrogens with zero attached hydrogens (tertiary/aromatic N) is 4. The predicted octanol–water partition coefficient (Wildman–Crippen LogP) is 4.42. The smallest absolute Gasteiger partial charge is 0.233 e. The Balaban J connectivity index is 1.37. The molecule has 7 nitrogen and oxygen atoms in total. The van der Waals surface area contributed by atoms with Gasteiger partial charge in [0, 0.05) is 41.2 Å². The van der Waals surface area contributed by atoms with E-state index in [0.29, 0.717) is 18.8 Å². The molecule has 3 aromatic heterocycles.